The monoisotopic (exact) mass is 318 g/mol. The minimum atomic E-state index is -1.06. The summed E-state index contributed by atoms with van der Waals surface area (Å²) >= 11 is 0. The van der Waals surface area contributed by atoms with Crippen LogP contribution in [0.2, 0.25) is 0 Å². The molecule has 2 rings (SSSR count). The molecular weight excluding hydrogens is 300 g/mol. The molecule has 0 saturated carbocycles. The number of hydrogen-bond donors (Lipinski definition) is 0. The molecular formula is C17H18O6. The number of methoxy groups -OCH3 is 3. The molecule has 0 heterocycles. The van der Waals surface area contributed by atoms with E-state index in [1.165, 1.54) is 20.3 Å². The summed E-state index contributed by atoms with van der Waals surface area (Å²) in [6, 6.07) is 7.11. The number of benzene rings is 1. The zero-order valence-corrected chi connectivity index (χ0v) is 13.2. The largest absolute Gasteiger partial charge is 0.497 e. The third-order valence-corrected chi connectivity index (χ3v) is 3.93. The summed E-state index contributed by atoms with van der Waals surface area (Å²) in [7, 11) is 3.97. The summed E-state index contributed by atoms with van der Waals surface area (Å²) in [5, 5.41) is 0. The predicted octanol–water partition coefficient (Wildman–Crippen LogP) is 1.64. The molecule has 1 aromatic rings. The lowest BCUT2D eigenvalue weighted by Crippen LogP contribution is -2.37. The standard InChI is InChI=1S/C17H18O6/c1-21-11-6-4-10(5-7-11)12-8-9-13(16(19)22-2)15(18)14(12)17(20)23-3/h4-7,9,12,14H,8H2,1-3H3/t12-,14?/m0/s1. The van der Waals surface area contributed by atoms with Crippen molar-refractivity contribution >= 4 is 17.7 Å². The lowest BCUT2D eigenvalue weighted by atomic mass is 9.75. The number of ether oxygens (including phenoxy) is 3. The Morgan fingerprint density at radius 3 is 2.22 bits per heavy atom. The number of esters is 2. The first-order chi connectivity index (χ1) is 11.0. The van der Waals surface area contributed by atoms with Crippen molar-refractivity contribution in [2.24, 2.45) is 5.92 Å². The van der Waals surface area contributed by atoms with E-state index in [9.17, 15) is 14.4 Å². The van der Waals surface area contributed by atoms with Crippen LogP contribution in [0.15, 0.2) is 35.9 Å². The van der Waals surface area contributed by atoms with Crippen molar-refractivity contribution in [2.45, 2.75) is 12.3 Å². The third-order valence-electron chi connectivity index (χ3n) is 3.93. The summed E-state index contributed by atoms with van der Waals surface area (Å²) in [4.78, 5) is 36.3. The molecule has 2 atom stereocenters. The van der Waals surface area contributed by atoms with Gasteiger partial charge in [0.25, 0.3) is 0 Å². The van der Waals surface area contributed by atoms with E-state index in [-0.39, 0.29) is 5.57 Å². The number of ketones is 1. The molecule has 1 aliphatic carbocycles. The van der Waals surface area contributed by atoms with Crippen LogP contribution in [-0.2, 0) is 23.9 Å². The van der Waals surface area contributed by atoms with Gasteiger partial charge in [0.1, 0.15) is 11.7 Å². The van der Waals surface area contributed by atoms with Gasteiger partial charge in [-0.2, -0.15) is 0 Å². The van der Waals surface area contributed by atoms with Crippen molar-refractivity contribution in [3.05, 3.63) is 41.5 Å². The van der Waals surface area contributed by atoms with Crippen molar-refractivity contribution < 1.29 is 28.6 Å². The Morgan fingerprint density at radius 1 is 1.04 bits per heavy atom. The highest BCUT2D eigenvalue weighted by Gasteiger charge is 2.42. The van der Waals surface area contributed by atoms with Gasteiger partial charge in [-0.15, -0.1) is 0 Å². The minimum Gasteiger partial charge on any atom is -0.497 e. The molecule has 0 spiro atoms. The van der Waals surface area contributed by atoms with E-state index in [0.29, 0.717) is 12.2 Å². The molecule has 0 saturated heterocycles. The van der Waals surface area contributed by atoms with Crippen LogP contribution in [0.5, 0.6) is 5.75 Å². The van der Waals surface area contributed by atoms with Crippen molar-refractivity contribution in [3.63, 3.8) is 0 Å². The molecule has 0 N–H and O–H groups in total. The number of Topliss-reactive ketones (excluding diaryl/α,β-unsaturated/α-hetero) is 1. The summed E-state index contributed by atoms with van der Waals surface area (Å²) < 4.78 is 14.5. The summed E-state index contributed by atoms with van der Waals surface area (Å²) in [5.74, 6) is -2.75. The highest BCUT2D eigenvalue weighted by Crippen LogP contribution is 2.37. The van der Waals surface area contributed by atoms with Gasteiger partial charge in [0, 0.05) is 5.92 Å². The lowest BCUT2D eigenvalue weighted by molar-refractivity contribution is -0.150. The van der Waals surface area contributed by atoms with Crippen LogP contribution < -0.4 is 4.74 Å². The Morgan fingerprint density at radius 2 is 1.70 bits per heavy atom. The summed E-state index contributed by atoms with van der Waals surface area (Å²) in [5.41, 5.74) is 0.697. The van der Waals surface area contributed by atoms with E-state index in [4.69, 9.17) is 9.47 Å². The van der Waals surface area contributed by atoms with E-state index in [2.05, 4.69) is 4.74 Å². The Labute approximate surface area is 134 Å². The second-order valence-corrected chi connectivity index (χ2v) is 5.09. The Hall–Kier alpha value is -2.63. The fraction of sp³-hybridized carbons (Fsp3) is 0.353. The molecule has 6 heteroatoms. The highest BCUT2D eigenvalue weighted by atomic mass is 16.5. The zero-order chi connectivity index (χ0) is 17.0. The Balaban J connectivity index is 2.40. The maximum absolute atomic E-state index is 12.5. The van der Waals surface area contributed by atoms with E-state index in [1.807, 2.05) is 0 Å². The molecule has 6 nitrogen and oxygen atoms in total. The quantitative estimate of drug-likeness (QED) is 0.477. The molecule has 1 aromatic carbocycles. The molecule has 0 aliphatic heterocycles. The predicted molar refractivity (Wildman–Crippen MR) is 81.0 cm³/mol. The number of carbonyl (C=O) groups is 3. The maximum Gasteiger partial charge on any atom is 0.341 e. The highest BCUT2D eigenvalue weighted by molar-refractivity contribution is 6.23. The van der Waals surface area contributed by atoms with Crippen LogP contribution >= 0.6 is 0 Å². The average molecular weight is 318 g/mol. The number of rotatable bonds is 4. The summed E-state index contributed by atoms with van der Waals surface area (Å²) in [6.07, 6.45) is 1.88. The molecule has 1 aliphatic rings. The third kappa shape index (κ3) is 3.26. The zero-order valence-electron chi connectivity index (χ0n) is 13.2. The van der Waals surface area contributed by atoms with E-state index in [0.717, 1.165) is 5.56 Å². The number of allylic oxidation sites excluding steroid dienone is 1. The lowest BCUT2D eigenvalue weighted by Gasteiger charge is -2.28. The van der Waals surface area contributed by atoms with E-state index < -0.39 is 29.6 Å². The van der Waals surface area contributed by atoms with Gasteiger partial charge < -0.3 is 14.2 Å². The molecule has 0 fully saturated rings. The van der Waals surface area contributed by atoms with Crippen LogP contribution in [0.3, 0.4) is 0 Å². The Kier molecular flexibility index (Phi) is 5.16. The molecule has 0 radical (unpaired) electrons. The number of hydrogen-bond acceptors (Lipinski definition) is 6. The van der Waals surface area contributed by atoms with Crippen LogP contribution in [0.1, 0.15) is 17.9 Å². The first-order valence-corrected chi connectivity index (χ1v) is 7.08. The second-order valence-electron chi connectivity index (χ2n) is 5.09. The first kappa shape index (κ1) is 16.7. The van der Waals surface area contributed by atoms with Crippen molar-refractivity contribution in [2.75, 3.05) is 21.3 Å². The van der Waals surface area contributed by atoms with E-state index in [1.54, 1.807) is 31.4 Å². The second kappa shape index (κ2) is 7.09. The minimum absolute atomic E-state index is 0.104. The molecule has 23 heavy (non-hydrogen) atoms. The van der Waals surface area contributed by atoms with Gasteiger partial charge in [-0.1, -0.05) is 18.2 Å². The molecule has 0 aromatic heterocycles. The van der Waals surface area contributed by atoms with Crippen molar-refractivity contribution in [3.8, 4) is 5.75 Å². The van der Waals surface area contributed by atoms with Gasteiger partial charge in [0.2, 0.25) is 0 Å². The smallest absolute Gasteiger partial charge is 0.341 e. The van der Waals surface area contributed by atoms with Crippen LogP contribution in [-0.4, -0.2) is 39.1 Å². The summed E-state index contributed by atoms with van der Waals surface area (Å²) in [6.45, 7) is 0. The van der Waals surface area contributed by atoms with Gasteiger partial charge in [-0.3, -0.25) is 9.59 Å². The Bertz CT molecular complexity index is 644. The van der Waals surface area contributed by atoms with Gasteiger partial charge >= 0.3 is 11.9 Å². The van der Waals surface area contributed by atoms with Crippen LogP contribution in [0.25, 0.3) is 0 Å². The van der Waals surface area contributed by atoms with Gasteiger partial charge in [0.15, 0.2) is 5.78 Å². The molecule has 122 valence electrons. The van der Waals surface area contributed by atoms with Gasteiger partial charge in [0.05, 0.1) is 26.9 Å². The normalized spacial score (nSPS) is 20.5. The van der Waals surface area contributed by atoms with Crippen molar-refractivity contribution in [1.82, 2.24) is 0 Å². The molecule has 0 amide bonds. The molecule has 1 unspecified atom stereocenters. The average Bonchev–Trinajstić information content (AvgIpc) is 2.60. The van der Waals surface area contributed by atoms with Crippen molar-refractivity contribution in [1.29, 1.82) is 0 Å². The fourth-order valence-corrected chi connectivity index (χ4v) is 2.70. The first-order valence-electron chi connectivity index (χ1n) is 7.08. The van der Waals surface area contributed by atoms with Crippen LogP contribution in [0.4, 0.5) is 0 Å². The van der Waals surface area contributed by atoms with Gasteiger partial charge in [-0.25, -0.2) is 4.79 Å². The van der Waals surface area contributed by atoms with Crippen LogP contribution in [0, 0.1) is 5.92 Å². The maximum atomic E-state index is 12.5. The van der Waals surface area contributed by atoms with Gasteiger partial charge in [-0.05, 0) is 24.1 Å². The topological polar surface area (TPSA) is 78.9 Å². The fourth-order valence-electron chi connectivity index (χ4n) is 2.70. The van der Waals surface area contributed by atoms with E-state index >= 15 is 0 Å². The number of carbonyl (C=O) groups excluding carboxylic acids is 3. The molecule has 0 bridgehead atoms. The SMILES string of the molecule is COC(=O)C1=CC[C@@H](c2ccc(OC)cc2)C(C(=O)OC)C1=O.